The molecule has 64 valence electrons. The van der Waals surface area contributed by atoms with Crippen molar-refractivity contribution in [3.63, 3.8) is 0 Å². The maximum atomic E-state index is 10.5. The van der Waals surface area contributed by atoms with Crippen molar-refractivity contribution in [2.24, 2.45) is 5.84 Å². The summed E-state index contributed by atoms with van der Waals surface area (Å²) in [7, 11) is 0. The summed E-state index contributed by atoms with van der Waals surface area (Å²) in [5.74, 6) is 5.20. The lowest BCUT2D eigenvalue weighted by atomic mass is 10.1. The summed E-state index contributed by atoms with van der Waals surface area (Å²) >= 11 is 3.30. The molecule has 3 N–H and O–H groups in total. The van der Waals surface area contributed by atoms with Gasteiger partial charge in [0.05, 0.1) is 5.69 Å². The molecule has 12 heavy (non-hydrogen) atoms. The predicted octanol–water partition coefficient (Wildman–Crippen LogP) is 1.68. The van der Waals surface area contributed by atoms with Crippen molar-refractivity contribution in [2.45, 2.75) is 5.33 Å². The Labute approximate surface area is 79.1 Å². The number of nitrogens with one attached hydrogen (secondary N) is 1. The van der Waals surface area contributed by atoms with Crippen LogP contribution in [0.2, 0.25) is 0 Å². The largest absolute Gasteiger partial charge is 0.323 e. The van der Waals surface area contributed by atoms with Crippen molar-refractivity contribution in [3.05, 3.63) is 29.3 Å². The number of rotatable bonds is 3. The Morgan fingerprint density at radius 2 is 2.33 bits per heavy atom. The van der Waals surface area contributed by atoms with Gasteiger partial charge in [0.1, 0.15) is 0 Å². The minimum absolute atomic E-state index is 0.578. The molecule has 0 unspecified atom stereocenters. The van der Waals surface area contributed by atoms with E-state index in [9.17, 15) is 4.79 Å². The molecule has 0 saturated heterocycles. The monoisotopic (exact) mass is 228 g/mol. The zero-order chi connectivity index (χ0) is 8.97. The molecule has 0 fully saturated rings. The van der Waals surface area contributed by atoms with Gasteiger partial charge >= 0.3 is 0 Å². The van der Waals surface area contributed by atoms with Crippen LogP contribution in [-0.2, 0) is 5.33 Å². The number of carbonyl (C=O) groups excluding carboxylic acids is 1. The number of nitrogen functional groups attached to an aromatic ring is 1. The number of hydrogen-bond acceptors (Lipinski definition) is 3. The summed E-state index contributed by atoms with van der Waals surface area (Å²) in [6.07, 6.45) is 0.779. The van der Waals surface area contributed by atoms with Crippen LogP contribution in [0.5, 0.6) is 0 Å². The number of halogens is 1. The Morgan fingerprint density at radius 3 is 2.83 bits per heavy atom. The number of hydrazine groups is 1. The zero-order valence-electron chi connectivity index (χ0n) is 6.38. The molecule has 0 radical (unpaired) electrons. The molecule has 0 aliphatic carbocycles. The Kier molecular flexibility index (Phi) is 3.25. The lowest BCUT2D eigenvalue weighted by Crippen LogP contribution is -2.09. The number of hydrogen-bond donors (Lipinski definition) is 2. The van der Waals surface area contributed by atoms with Crippen molar-refractivity contribution < 1.29 is 4.79 Å². The molecule has 0 aromatic heterocycles. The van der Waals surface area contributed by atoms with E-state index in [1.54, 1.807) is 12.1 Å². The number of aldehydes is 1. The molecule has 4 heteroatoms. The third kappa shape index (κ3) is 1.84. The first-order valence-electron chi connectivity index (χ1n) is 3.42. The summed E-state index contributed by atoms with van der Waals surface area (Å²) in [6, 6.07) is 5.47. The average molecular weight is 229 g/mol. The fourth-order valence-electron chi connectivity index (χ4n) is 0.924. The second-order valence-corrected chi connectivity index (χ2v) is 2.88. The van der Waals surface area contributed by atoms with Crippen LogP contribution in [0.25, 0.3) is 0 Å². The number of benzene rings is 1. The first kappa shape index (κ1) is 9.22. The molecule has 0 saturated carbocycles. The first-order valence-corrected chi connectivity index (χ1v) is 4.54. The Balaban J connectivity index is 3.10. The van der Waals surface area contributed by atoms with Crippen LogP contribution in [0.15, 0.2) is 18.2 Å². The van der Waals surface area contributed by atoms with Crippen LogP contribution < -0.4 is 11.3 Å². The molecule has 0 aliphatic rings. The number of nitrogens with two attached hydrogens (primary N) is 1. The molecule has 0 heterocycles. The van der Waals surface area contributed by atoms with E-state index in [4.69, 9.17) is 5.84 Å². The quantitative estimate of drug-likeness (QED) is 0.359. The van der Waals surface area contributed by atoms with Gasteiger partial charge in [-0.1, -0.05) is 22.0 Å². The maximum Gasteiger partial charge on any atom is 0.152 e. The van der Waals surface area contributed by atoms with Gasteiger partial charge in [-0.2, -0.15) is 0 Å². The highest BCUT2D eigenvalue weighted by Crippen LogP contribution is 2.16. The van der Waals surface area contributed by atoms with E-state index in [0.29, 0.717) is 11.3 Å². The van der Waals surface area contributed by atoms with Gasteiger partial charge in [0, 0.05) is 10.9 Å². The topological polar surface area (TPSA) is 55.1 Å². The summed E-state index contributed by atoms with van der Waals surface area (Å²) in [4.78, 5) is 10.5. The molecular formula is C8H9BrN2O. The van der Waals surface area contributed by atoms with E-state index in [2.05, 4.69) is 21.4 Å². The van der Waals surface area contributed by atoms with E-state index in [1.165, 1.54) is 0 Å². The van der Waals surface area contributed by atoms with Gasteiger partial charge in [-0.15, -0.1) is 0 Å². The molecule has 0 amide bonds. The highest BCUT2D eigenvalue weighted by Gasteiger charge is 2.00. The normalized spacial score (nSPS) is 9.50. The highest BCUT2D eigenvalue weighted by molar-refractivity contribution is 9.08. The second kappa shape index (κ2) is 4.23. The van der Waals surface area contributed by atoms with Gasteiger partial charge in [-0.25, -0.2) is 0 Å². The molecule has 1 aromatic rings. The van der Waals surface area contributed by atoms with Gasteiger partial charge in [-0.3, -0.25) is 10.6 Å². The SMILES string of the molecule is NNc1ccc(CBr)cc1C=O. The highest BCUT2D eigenvalue weighted by atomic mass is 79.9. The fourth-order valence-corrected chi connectivity index (χ4v) is 1.27. The minimum Gasteiger partial charge on any atom is -0.323 e. The van der Waals surface area contributed by atoms with Crippen molar-refractivity contribution in [3.8, 4) is 0 Å². The minimum atomic E-state index is 0.578. The van der Waals surface area contributed by atoms with Crippen LogP contribution in [-0.4, -0.2) is 6.29 Å². The van der Waals surface area contributed by atoms with Crippen LogP contribution in [0.1, 0.15) is 15.9 Å². The van der Waals surface area contributed by atoms with Gasteiger partial charge in [-0.05, 0) is 17.7 Å². The smallest absolute Gasteiger partial charge is 0.152 e. The van der Waals surface area contributed by atoms with Gasteiger partial charge in [0.2, 0.25) is 0 Å². The van der Waals surface area contributed by atoms with Gasteiger partial charge < -0.3 is 5.43 Å². The van der Waals surface area contributed by atoms with E-state index < -0.39 is 0 Å². The van der Waals surface area contributed by atoms with Crippen molar-refractivity contribution >= 4 is 27.9 Å². The second-order valence-electron chi connectivity index (χ2n) is 2.32. The summed E-state index contributed by atoms with van der Waals surface area (Å²) in [5, 5.41) is 0.735. The van der Waals surface area contributed by atoms with Crippen molar-refractivity contribution in [1.29, 1.82) is 0 Å². The van der Waals surface area contributed by atoms with Crippen molar-refractivity contribution in [2.75, 3.05) is 5.43 Å². The lowest BCUT2D eigenvalue weighted by molar-refractivity contribution is 0.112. The van der Waals surface area contributed by atoms with Crippen LogP contribution in [0.4, 0.5) is 5.69 Å². The van der Waals surface area contributed by atoms with Gasteiger partial charge in [0.25, 0.3) is 0 Å². The van der Waals surface area contributed by atoms with E-state index >= 15 is 0 Å². The molecule has 0 atom stereocenters. The van der Waals surface area contributed by atoms with Crippen LogP contribution in [0.3, 0.4) is 0 Å². The number of carbonyl (C=O) groups is 1. The molecule has 1 rings (SSSR count). The van der Waals surface area contributed by atoms with Gasteiger partial charge in [0.15, 0.2) is 6.29 Å². The third-order valence-corrected chi connectivity index (χ3v) is 2.20. The third-order valence-electron chi connectivity index (χ3n) is 1.55. The average Bonchev–Trinajstić information content (AvgIpc) is 2.16. The lowest BCUT2D eigenvalue weighted by Gasteiger charge is -2.04. The first-order chi connectivity index (χ1) is 5.81. The molecule has 1 aromatic carbocycles. The van der Waals surface area contributed by atoms with E-state index in [0.717, 1.165) is 17.2 Å². The predicted molar refractivity (Wildman–Crippen MR) is 52.3 cm³/mol. The maximum absolute atomic E-state index is 10.5. The number of alkyl halides is 1. The zero-order valence-corrected chi connectivity index (χ0v) is 7.97. The summed E-state index contributed by atoms with van der Waals surface area (Å²) in [5.41, 5.74) is 4.73. The summed E-state index contributed by atoms with van der Waals surface area (Å²) < 4.78 is 0. The van der Waals surface area contributed by atoms with E-state index in [-0.39, 0.29) is 0 Å². The molecule has 0 spiro atoms. The fraction of sp³-hybridized carbons (Fsp3) is 0.125. The Bertz CT molecular complexity index is 288. The molecule has 3 nitrogen and oxygen atoms in total. The number of anilines is 1. The molecular weight excluding hydrogens is 220 g/mol. The Morgan fingerprint density at radius 1 is 1.58 bits per heavy atom. The Hall–Kier alpha value is -0.870. The molecule has 0 aliphatic heterocycles. The van der Waals surface area contributed by atoms with Crippen molar-refractivity contribution in [1.82, 2.24) is 0 Å². The van der Waals surface area contributed by atoms with Crippen LogP contribution >= 0.6 is 15.9 Å². The molecule has 0 bridgehead atoms. The standard InChI is InChI=1S/C8H9BrN2O/c9-4-6-1-2-8(11-10)7(3-6)5-12/h1-3,5,11H,4,10H2. The van der Waals surface area contributed by atoms with Crippen LogP contribution in [0, 0.1) is 0 Å². The van der Waals surface area contributed by atoms with E-state index in [1.807, 2.05) is 6.07 Å². The summed E-state index contributed by atoms with van der Waals surface area (Å²) in [6.45, 7) is 0.